The molecule has 1 aromatic carbocycles. The second-order valence-electron chi connectivity index (χ2n) is 4.03. The average molecular weight is 263 g/mol. The van der Waals surface area contributed by atoms with E-state index in [1.54, 1.807) is 12.1 Å². The van der Waals surface area contributed by atoms with Crippen LogP contribution in [0, 0.1) is 0 Å². The van der Waals surface area contributed by atoms with Crippen molar-refractivity contribution in [2.24, 2.45) is 5.73 Å². The van der Waals surface area contributed by atoms with Crippen molar-refractivity contribution in [1.29, 1.82) is 0 Å². The van der Waals surface area contributed by atoms with Crippen LogP contribution in [-0.2, 0) is 12.6 Å². The van der Waals surface area contributed by atoms with Gasteiger partial charge in [-0.05, 0) is 30.7 Å². The minimum Gasteiger partial charge on any atom is -0.330 e. The monoisotopic (exact) mass is 263 g/mol. The minimum absolute atomic E-state index is 0.122. The van der Waals surface area contributed by atoms with Gasteiger partial charge in [0.2, 0.25) is 0 Å². The molecule has 0 saturated carbocycles. The van der Waals surface area contributed by atoms with Crippen LogP contribution in [0.25, 0.3) is 0 Å². The Kier molecular flexibility index (Phi) is 4.89. The zero-order chi connectivity index (χ0) is 13.1. The van der Waals surface area contributed by atoms with Crippen molar-refractivity contribution in [3.05, 3.63) is 29.3 Å². The Balaban J connectivity index is 3.12. The number of nitrogens with two attached hydrogens (primary N) is 1. The molecule has 0 unspecified atom stereocenters. The van der Waals surface area contributed by atoms with E-state index in [4.69, 9.17) is 5.73 Å². The highest BCUT2D eigenvalue weighted by Crippen LogP contribution is 2.38. The molecular formula is C12H16F3NS. The molecule has 2 N–H and O–H groups in total. The molecule has 0 spiro atoms. The van der Waals surface area contributed by atoms with Gasteiger partial charge in [-0.2, -0.15) is 13.2 Å². The van der Waals surface area contributed by atoms with Crippen molar-refractivity contribution in [1.82, 2.24) is 0 Å². The second-order valence-corrected chi connectivity index (χ2v) is 5.65. The van der Waals surface area contributed by atoms with E-state index >= 15 is 0 Å². The standard InChI is InChI=1S/C12H16F3NS/c1-8(2)17-11-4-3-9(5-6-16)7-10(11)12(13,14)15/h3-4,7-8H,5-6,16H2,1-2H3. The lowest BCUT2D eigenvalue weighted by Gasteiger charge is -2.15. The molecule has 1 nitrogen and oxygen atoms in total. The van der Waals surface area contributed by atoms with Crippen LogP contribution >= 0.6 is 11.8 Å². The predicted molar refractivity (Wildman–Crippen MR) is 65.2 cm³/mol. The molecule has 0 fully saturated rings. The van der Waals surface area contributed by atoms with Gasteiger partial charge in [0, 0.05) is 10.1 Å². The van der Waals surface area contributed by atoms with Gasteiger partial charge in [-0.1, -0.05) is 19.9 Å². The SMILES string of the molecule is CC(C)Sc1ccc(CCN)cc1C(F)(F)F. The van der Waals surface area contributed by atoms with Crippen molar-refractivity contribution < 1.29 is 13.2 Å². The maximum Gasteiger partial charge on any atom is 0.417 e. The van der Waals surface area contributed by atoms with E-state index in [0.29, 0.717) is 18.5 Å². The van der Waals surface area contributed by atoms with E-state index in [0.717, 1.165) is 0 Å². The number of hydrogen-bond acceptors (Lipinski definition) is 2. The fourth-order valence-corrected chi connectivity index (χ4v) is 2.43. The molecule has 0 saturated heterocycles. The van der Waals surface area contributed by atoms with Crippen molar-refractivity contribution >= 4 is 11.8 Å². The molecule has 0 aliphatic heterocycles. The molecule has 0 radical (unpaired) electrons. The zero-order valence-corrected chi connectivity index (χ0v) is 10.7. The van der Waals surface area contributed by atoms with E-state index in [1.165, 1.54) is 17.8 Å². The van der Waals surface area contributed by atoms with Crippen LogP contribution in [-0.4, -0.2) is 11.8 Å². The van der Waals surface area contributed by atoms with Crippen molar-refractivity contribution in [2.75, 3.05) is 6.54 Å². The Hall–Kier alpha value is -0.680. The molecule has 0 heterocycles. The number of alkyl halides is 3. The zero-order valence-electron chi connectivity index (χ0n) is 9.84. The van der Waals surface area contributed by atoms with Gasteiger partial charge in [0.15, 0.2) is 0 Å². The van der Waals surface area contributed by atoms with Crippen LogP contribution < -0.4 is 5.73 Å². The summed E-state index contributed by atoms with van der Waals surface area (Å²) in [5.74, 6) is 0. The summed E-state index contributed by atoms with van der Waals surface area (Å²) in [6.07, 6.45) is -3.84. The van der Waals surface area contributed by atoms with Gasteiger partial charge in [-0.15, -0.1) is 11.8 Å². The Labute approximate surface area is 104 Å². The first-order valence-electron chi connectivity index (χ1n) is 5.41. The largest absolute Gasteiger partial charge is 0.417 e. The molecule has 17 heavy (non-hydrogen) atoms. The lowest BCUT2D eigenvalue weighted by atomic mass is 10.1. The van der Waals surface area contributed by atoms with Gasteiger partial charge >= 0.3 is 6.18 Å². The van der Waals surface area contributed by atoms with Gasteiger partial charge in [-0.3, -0.25) is 0 Å². The van der Waals surface area contributed by atoms with Gasteiger partial charge in [0.05, 0.1) is 5.56 Å². The third-order valence-corrected chi connectivity index (χ3v) is 3.23. The highest BCUT2D eigenvalue weighted by Gasteiger charge is 2.33. The Morgan fingerprint density at radius 2 is 1.94 bits per heavy atom. The van der Waals surface area contributed by atoms with Crippen LogP contribution in [0.5, 0.6) is 0 Å². The normalized spacial score (nSPS) is 12.2. The number of thioether (sulfide) groups is 1. The van der Waals surface area contributed by atoms with E-state index in [9.17, 15) is 13.2 Å². The van der Waals surface area contributed by atoms with Crippen LogP contribution in [0.2, 0.25) is 0 Å². The summed E-state index contributed by atoms with van der Waals surface area (Å²) < 4.78 is 38.6. The average Bonchev–Trinajstić information content (AvgIpc) is 2.18. The second kappa shape index (κ2) is 5.78. The van der Waals surface area contributed by atoms with Gasteiger partial charge in [0.25, 0.3) is 0 Å². The topological polar surface area (TPSA) is 26.0 Å². The maximum absolute atomic E-state index is 12.9. The Morgan fingerprint density at radius 1 is 1.29 bits per heavy atom. The number of benzene rings is 1. The summed E-state index contributed by atoms with van der Waals surface area (Å²) in [6, 6.07) is 4.46. The first-order valence-corrected chi connectivity index (χ1v) is 6.29. The molecule has 1 rings (SSSR count). The van der Waals surface area contributed by atoms with Crippen LogP contribution in [0.4, 0.5) is 13.2 Å². The van der Waals surface area contributed by atoms with Crippen LogP contribution in [0.3, 0.4) is 0 Å². The number of halogens is 3. The molecule has 0 aliphatic rings. The van der Waals surface area contributed by atoms with Gasteiger partial charge in [0.1, 0.15) is 0 Å². The summed E-state index contributed by atoms with van der Waals surface area (Å²) >= 11 is 1.23. The number of hydrogen-bond donors (Lipinski definition) is 1. The van der Waals surface area contributed by atoms with Gasteiger partial charge < -0.3 is 5.73 Å². The summed E-state index contributed by atoms with van der Waals surface area (Å²) in [4.78, 5) is 0.285. The summed E-state index contributed by atoms with van der Waals surface area (Å²) in [7, 11) is 0. The summed E-state index contributed by atoms with van der Waals surface area (Å²) in [6.45, 7) is 4.10. The molecule has 0 amide bonds. The first-order chi connectivity index (χ1) is 7.84. The summed E-state index contributed by atoms with van der Waals surface area (Å²) in [5.41, 5.74) is 5.43. The van der Waals surface area contributed by atoms with Crippen molar-refractivity contribution in [3.8, 4) is 0 Å². The van der Waals surface area contributed by atoms with E-state index < -0.39 is 11.7 Å². The summed E-state index contributed by atoms with van der Waals surface area (Å²) in [5, 5.41) is 0.122. The molecule has 0 bridgehead atoms. The first kappa shape index (κ1) is 14.4. The predicted octanol–water partition coefficient (Wildman–Crippen LogP) is 3.71. The molecule has 0 aromatic heterocycles. The highest BCUT2D eigenvalue weighted by atomic mass is 32.2. The van der Waals surface area contributed by atoms with Crippen LogP contribution in [0.1, 0.15) is 25.0 Å². The molecule has 0 atom stereocenters. The minimum atomic E-state index is -4.30. The maximum atomic E-state index is 12.9. The fourth-order valence-electron chi connectivity index (χ4n) is 1.48. The molecule has 5 heteroatoms. The van der Waals surface area contributed by atoms with E-state index in [2.05, 4.69) is 0 Å². The lowest BCUT2D eigenvalue weighted by Crippen LogP contribution is -2.10. The fraction of sp³-hybridized carbons (Fsp3) is 0.500. The highest BCUT2D eigenvalue weighted by molar-refractivity contribution is 8.00. The van der Waals surface area contributed by atoms with Crippen LogP contribution in [0.15, 0.2) is 23.1 Å². The van der Waals surface area contributed by atoms with E-state index in [-0.39, 0.29) is 10.1 Å². The molecular weight excluding hydrogens is 247 g/mol. The van der Waals surface area contributed by atoms with Crippen molar-refractivity contribution in [2.45, 2.75) is 36.6 Å². The third kappa shape index (κ3) is 4.24. The molecule has 96 valence electrons. The Bertz CT molecular complexity index is 375. The lowest BCUT2D eigenvalue weighted by molar-refractivity contribution is -0.139. The Morgan fingerprint density at radius 3 is 2.41 bits per heavy atom. The third-order valence-electron chi connectivity index (χ3n) is 2.15. The quantitative estimate of drug-likeness (QED) is 0.838. The smallest absolute Gasteiger partial charge is 0.330 e. The molecule has 1 aromatic rings. The van der Waals surface area contributed by atoms with Crippen molar-refractivity contribution in [3.63, 3.8) is 0 Å². The molecule has 0 aliphatic carbocycles. The van der Waals surface area contributed by atoms with Gasteiger partial charge in [-0.25, -0.2) is 0 Å². The number of rotatable bonds is 4. The van der Waals surface area contributed by atoms with E-state index in [1.807, 2.05) is 13.8 Å².